The molecule has 33 heavy (non-hydrogen) atoms. The quantitative estimate of drug-likeness (QED) is 0.317. The summed E-state index contributed by atoms with van der Waals surface area (Å²) < 4.78 is 16.2. The molecule has 1 aliphatic heterocycles. The second kappa shape index (κ2) is 9.33. The summed E-state index contributed by atoms with van der Waals surface area (Å²) in [6.45, 7) is 2.38. The van der Waals surface area contributed by atoms with Crippen LogP contribution in [0.5, 0.6) is 17.2 Å². The van der Waals surface area contributed by atoms with Gasteiger partial charge in [-0.05, 0) is 48.9 Å². The first kappa shape index (κ1) is 22.3. The van der Waals surface area contributed by atoms with Gasteiger partial charge in [-0.25, -0.2) is 4.98 Å². The summed E-state index contributed by atoms with van der Waals surface area (Å²) in [4.78, 5) is 31.7. The highest BCUT2D eigenvalue weighted by Gasteiger charge is 2.48. The Hall–Kier alpha value is -3.85. The summed E-state index contributed by atoms with van der Waals surface area (Å²) in [5.74, 6) is -0.280. The number of rotatable bonds is 7. The monoisotopic (exact) mass is 466 g/mol. The molecule has 1 saturated heterocycles. The molecule has 3 aromatic rings. The predicted octanol–water partition coefficient (Wildman–Crippen LogP) is 4.19. The van der Waals surface area contributed by atoms with Crippen LogP contribution in [0.4, 0.5) is 5.13 Å². The second-order valence-electron chi connectivity index (χ2n) is 7.06. The zero-order valence-electron chi connectivity index (χ0n) is 18.3. The van der Waals surface area contributed by atoms with Crippen molar-refractivity contribution in [3.05, 3.63) is 70.7 Å². The molecule has 0 aliphatic carbocycles. The van der Waals surface area contributed by atoms with Gasteiger partial charge in [0.15, 0.2) is 16.6 Å². The fourth-order valence-corrected chi connectivity index (χ4v) is 4.40. The number of carbonyl (C=O) groups excluding carboxylic acids is 2. The van der Waals surface area contributed by atoms with Crippen molar-refractivity contribution in [3.8, 4) is 17.2 Å². The van der Waals surface area contributed by atoms with Gasteiger partial charge in [0.25, 0.3) is 5.78 Å². The molecule has 2 heterocycles. The Morgan fingerprint density at radius 3 is 2.42 bits per heavy atom. The van der Waals surface area contributed by atoms with Crippen LogP contribution in [0.2, 0.25) is 0 Å². The maximum absolute atomic E-state index is 13.1. The zero-order valence-corrected chi connectivity index (χ0v) is 19.1. The molecule has 0 saturated carbocycles. The van der Waals surface area contributed by atoms with E-state index in [1.807, 2.05) is 6.92 Å². The average molecular weight is 467 g/mol. The molecular formula is C24H22N2O6S. The third-order valence-corrected chi connectivity index (χ3v) is 6.00. The van der Waals surface area contributed by atoms with Crippen molar-refractivity contribution in [2.75, 3.05) is 25.7 Å². The number of hydrogen-bond donors (Lipinski definition) is 1. The number of hydrogen-bond acceptors (Lipinski definition) is 8. The molecule has 170 valence electrons. The van der Waals surface area contributed by atoms with Gasteiger partial charge in [-0.15, -0.1) is 11.3 Å². The number of ether oxygens (including phenoxy) is 3. The number of carbonyl (C=O) groups is 2. The molecule has 0 radical (unpaired) electrons. The second-order valence-corrected chi connectivity index (χ2v) is 7.93. The van der Waals surface area contributed by atoms with Crippen molar-refractivity contribution in [2.24, 2.45) is 0 Å². The molecule has 1 aliphatic rings. The van der Waals surface area contributed by atoms with Crippen LogP contribution in [0.1, 0.15) is 24.1 Å². The molecule has 8 nitrogen and oxygen atoms in total. The normalized spacial score (nSPS) is 17.3. The van der Waals surface area contributed by atoms with Crippen molar-refractivity contribution in [2.45, 2.75) is 13.0 Å². The lowest BCUT2D eigenvalue weighted by atomic mass is 9.95. The van der Waals surface area contributed by atoms with Crippen molar-refractivity contribution < 1.29 is 28.9 Å². The van der Waals surface area contributed by atoms with Gasteiger partial charge in [0, 0.05) is 17.1 Å². The lowest BCUT2D eigenvalue weighted by Crippen LogP contribution is -2.29. The fraction of sp³-hybridized carbons (Fsp3) is 0.208. The van der Waals surface area contributed by atoms with Crippen LogP contribution >= 0.6 is 11.3 Å². The minimum Gasteiger partial charge on any atom is -0.507 e. The number of thiazole rings is 1. The summed E-state index contributed by atoms with van der Waals surface area (Å²) in [6, 6.07) is 10.9. The van der Waals surface area contributed by atoms with Gasteiger partial charge in [0.05, 0.1) is 32.4 Å². The Morgan fingerprint density at radius 2 is 1.82 bits per heavy atom. The van der Waals surface area contributed by atoms with Gasteiger partial charge in [-0.3, -0.25) is 14.5 Å². The van der Waals surface area contributed by atoms with Crippen LogP contribution in [0.15, 0.2) is 59.6 Å². The Morgan fingerprint density at radius 1 is 1.09 bits per heavy atom. The van der Waals surface area contributed by atoms with Gasteiger partial charge < -0.3 is 19.3 Å². The Balaban J connectivity index is 1.89. The van der Waals surface area contributed by atoms with Gasteiger partial charge in [-0.1, -0.05) is 6.07 Å². The zero-order chi connectivity index (χ0) is 23.5. The molecular weight excluding hydrogens is 444 g/mol. The molecule has 1 atom stereocenters. The van der Waals surface area contributed by atoms with Crippen LogP contribution in [0.25, 0.3) is 5.76 Å². The number of benzene rings is 2. The van der Waals surface area contributed by atoms with E-state index in [4.69, 9.17) is 14.2 Å². The number of Topliss-reactive ketones (excluding diaryl/α,β-unsaturated/α-hetero) is 1. The number of anilines is 1. The van der Waals surface area contributed by atoms with Gasteiger partial charge in [0.2, 0.25) is 0 Å². The molecule has 0 bridgehead atoms. The molecule has 1 fully saturated rings. The molecule has 1 amide bonds. The topological polar surface area (TPSA) is 98.2 Å². The number of methoxy groups -OCH3 is 2. The van der Waals surface area contributed by atoms with E-state index >= 15 is 0 Å². The average Bonchev–Trinajstić information content (AvgIpc) is 3.45. The van der Waals surface area contributed by atoms with Crippen LogP contribution in [-0.2, 0) is 9.59 Å². The SMILES string of the molecule is CCOc1ccc(/C(O)=C2\C(=O)C(=O)N(c3nccs3)[C@@H]2c2ccc(OC)c(OC)c2)cc1. The smallest absolute Gasteiger partial charge is 0.301 e. The summed E-state index contributed by atoms with van der Waals surface area (Å²) in [6.07, 6.45) is 1.55. The highest BCUT2D eigenvalue weighted by atomic mass is 32.1. The first-order valence-corrected chi connectivity index (χ1v) is 11.0. The minimum absolute atomic E-state index is 0.0356. The number of aromatic nitrogens is 1. The van der Waals surface area contributed by atoms with Crippen molar-refractivity contribution in [1.29, 1.82) is 0 Å². The molecule has 0 spiro atoms. The first-order chi connectivity index (χ1) is 16.0. The molecule has 0 unspecified atom stereocenters. The molecule has 2 aromatic carbocycles. The van der Waals surface area contributed by atoms with E-state index in [9.17, 15) is 14.7 Å². The standard InChI is InChI=1S/C24H22N2O6S/c1-4-32-16-8-5-14(6-9-16)21(27)19-20(15-7-10-17(30-2)18(13-15)31-3)26(23(29)22(19)28)24-25-11-12-33-24/h5-13,20,27H,4H2,1-3H3/b21-19+/t20-/m1/s1. The van der Waals surface area contributed by atoms with E-state index in [1.54, 1.807) is 54.0 Å². The number of amides is 1. The largest absolute Gasteiger partial charge is 0.507 e. The van der Waals surface area contributed by atoms with Crippen molar-refractivity contribution >= 4 is 33.9 Å². The van der Waals surface area contributed by atoms with E-state index < -0.39 is 17.7 Å². The highest BCUT2D eigenvalue weighted by Crippen LogP contribution is 2.44. The molecule has 4 rings (SSSR count). The van der Waals surface area contributed by atoms with Crippen molar-refractivity contribution in [3.63, 3.8) is 0 Å². The molecule has 9 heteroatoms. The van der Waals surface area contributed by atoms with Crippen LogP contribution in [0.3, 0.4) is 0 Å². The highest BCUT2D eigenvalue weighted by molar-refractivity contribution is 7.14. The summed E-state index contributed by atoms with van der Waals surface area (Å²) >= 11 is 1.22. The summed E-state index contributed by atoms with van der Waals surface area (Å²) in [5, 5.41) is 13.2. The van der Waals surface area contributed by atoms with E-state index in [1.165, 1.54) is 30.5 Å². The number of ketones is 1. The predicted molar refractivity (Wildman–Crippen MR) is 124 cm³/mol. The van der Waals surface area contributed by atoms with Gasteiger partial charge in [-0.2, -0.15) is 0 Å². The van der Waals surface area contributed by atoms with Crippen LogP contribution in [-0.4, -0.2) is 42.6 Å². The lowest BCUT2D eigenvalue weighted by molar-refractivity contribution is -0.132. The van der Waals surface area contributed by atoms with Gasteiger partial charge in [0.1, 0.15) is 11.5 Å². The maximum atomic E-state index is 13.1. The Kier molecular flexibility index (Phi) is 6.32. The van der Waals surface area contributed by atoms with Crippen molar-refractivity contribution in [1.82, 2.24) is 4.98 Å². The van der Waals surface area contributed by atoms with E-state index in [0.29, 0.717) is 40.1 Å². The van der Waals surface area contributed by atoms with E-state index in [0.717, 1.165) is 0 Å². The van der Waals surface area contributed by atoms with E-state index in [-0.39, 0.29) is 11.3 Å². The molecule has 1 aromatic heterocycles. The Bertz CT molecular complexity index is 1200. The number of aliphatic hydroxyl groups is 1. The molecule has 1 N–H and O–H groups in total. The van der Waals surface area contributed by atoms with Gasteiger partial charge >= 0.3 is 5.91 Å². The van der Waals surface area contributed by atoms with Crippen LogP contribution in [0, 0.1) is 0 Å². The minimum atomic E-state index is -0.900. The van der Waals surface area contributed by atoms with E-state index in [2.05, 4.69) is 4.98 Å². The summed E-state index contributed by atoms with van der Waals surface area (Å²) in [5.41, 5.74) is 0.919. The number of nitrogens with zero attached hydrogens (tertiary/aromatic N) is 2. The number of aliphatic hydroxyl groups excluding tert-OH is 1. The lowest BCUT2D eigenvalue weighted by Gasteiger charge is -2.23. The Labute approximate surface area is 194 Å². The fourth-order valence-electron chi connectivity index (χ4n) is 3.73. The summed E-state index contributed by atoms with van der Waals surface area (Å²) in [7, 11) is 3.02. The maximum Gasteiger partial charge on any atom is 0.301 e. The third kappa shape index (κ3) is 4.03. The van der Waals surface area contributed by atoms with Crippen LogP contribution < -0.4 is 19.1 Å². The first-order valence-electron chi connectivity index (χ1n) is 10.2. The third-order valence-electron chi connectivity index (χ3n) is 5.23.